The van der Waals surface area contributed by atoms with Crippen LogP contribution < -0.4 is 10.6 Å². The molecule has 0 bridgehead atoms. The molecular formula is C24H22Cl2N2O2. The van der Waals surface area contributed by atoms with Crippen LogP contribution in [0.25, 0.3) is 0 Å². The van der Waals surface area contributed by atoms with Crippen LogP contribution in [0.4, 0.5) is 5.69 Å². The summed E-state index contributed by atoms with van der Waals surface area (Å²) in [5.74, 6) is -0.744. The Morgan fingerprint density at radius 1 is 1.10 bits per heavy atom. The van der Waals surface area contributed by atoms with Gasteiger partial charge in [-0.1, -0.05) is 47.5 Å². The van der Waals surface area contributed by atoms with E-state index in [2.05, 4.69) is 10.6 Å². The van der Waals surface area contributed by atoms with Crippen molar-refractivity contribution in [3.8, 4) is 0 Å². The van der Waals surface area contributed by atoms with Crippen LogP contribution in [-0.4, -0.2) is 11.7 Å². The third kappa shape index (κ3) is 3.78. The molecule has 0 fully saturated rings. The summed E-state index contributed by atoms with van der Waals surface area (Å²) in [6.07, 6.45) is 2.03. The molecule has 2 N–H and O–H groups in total. The minimum atomic E-state index is -0.539. The van der Waals surface area contributed by atoms with Gasteiger partial charge in [0.05, 0.1) is 0 Å². The fourth-order valence-electron chi connectivity index (χ4n) is 4.23. The average molecular weight is 441 g/mol. The van der Waals surface area contributed by atoms with E-state index in [-0.39, 0.29) is 11.7 Å². The van der Waals surface area contributed by atoms with E-state index in [1.165, 1.54) is 0 Å². The van der Waals surface area contributed by atoms with Crippen molar-refractivity contribution in [2.75, 3.05) is 5.32 Å². The van der Waals surface area contributed by atoms with Gasteiger partial charge in [0.15, 0.2) is 5.78 Å². The quantitative estimate of drug-likeness (QED) is 0.623. The van der Waals surface area contributed by atoms with E-state index in [1.54, 1.807) is 12.1 Å². The van der Waals surface area contributed by atoms with Crippen LogP contribution in [0.2, 0.25) is 10.0 Å². The smallest absolute Gasteiger partial charge is 0.254 e. The molecule has 4 nitrogen and oxygen atoms in total. The van der Waals surface area contributed by atoms with E-state index in [0.717, 1.165) is 35.5 Å². The van der Waals surface area contributed by atoms with Crippen LogP contribution in [-0.2, 0) is 9.59 Å². The minimum Gasteiger partial charge on any atom is -0.362 e. The van der Waals surface area contributed by atoms with E-state index >= 15 is 0 Å². The number of amides is 1. The molecular weight excluding hydrogens is 419 g/mol. The lowest BCUT2D eigenvalue weighted by Gasteiger charge is -2.35. The van der Waals surface area contributed by atoms with Gasteiger partial charge in [0.25, 0.3) is 5.91 Å². The first-order chi connectivity index (χ1) is 14.4. The average Bonchev–Trinajstić information content (AvgIpc) is 2.69. The molecule has 154 valence electrons. The van der Waals surface area contributed by atoms with Crippen LogP contribution in [0.3, 0.4) is 0 Å². The van der Waals surface area contributed by atoms with Gasteiger partial charge in [-0.3, -0.25) is 9.59 Å². The summed E-state index contributed by atoms with van der Waals surface area (Å²) in [6, 6.07) is 12.8. The molecule has 4 rings (SSSR count). The normalized spacial score (nSPS) is 18.8. The number of allylic oxidation sites excluding steroid dienone is 3. The lowest BCUT2D eigenvalue weighted by Crippen LogP contribution is -2.35. The van der Waals surface area contributed by atoms with Crippen LogP contribution in [0, 0.1) is 6.92 Å². The van der Waals surface area contributed by atoms with Gasteiger partial charge >= 0.3 is 0 Å². The van der Waals surface area contributed by atoms with Gasteiger partial charge in [-0.25, -0.2) is 0 Å². The first-order valence-corrected chi connectivity index (χ1v) is 10.7. The number of aryl methyl sites for hydroxylation is 1. The topological polar surface area (TPSA) is 58.2 Å². The molecule has 0 radical (unpaired) electrons. The van der Waals surface area contributed by atoms with Crippen molar-refractivity contribution in [1.82, 2.24) is 5.32 Å². The van der Waals surface area contributed by atoms with Gasteiger partial charge in [0, 0.05) is 50.6 Å². The van der Waals surface area contributed by atoms with Crippen molar-refractivity contribution >= 4 is 40.6 Å². The number of dihydropyridines is 1. The van der Waals surface area contributed by atoms with Crippen molar-refractivity contribution in [2.45, 2.75) is 39.0 Å². The Hall–Kier alpha value is -2.56. The molecule has 1 atom stereocenters. The molecule has 1 aliphatic carbocycles. The minimum absolute atomic E-state index is 0.0495. The first-order valence-electron chi connectivity index (χ1n) is 9.92. The Morgan fingerprint density at radius 2 is 1.87 bits per heavy atom. The largest absolute Gasteiger partial charge is 0.362 e. The van der Waals surface area contributed by atoms with Gasteiger partial charge < -0.3 is 10.6 Å². The Morgan fingerprint density at radius 3 is 2.60 bits per heavy atom. The van der Waals surface area contributed by atoms with Crippen molar-refractivity contribution < 1.29 is 9.59 Å². The Balaban J connectivity index is 1.83. The summed E-state index contributed by atoms with van der Waals surface area (Å²) < 4.78 is 0. The van der Waals surface area contributed by atoms with Crippen molar-refractivity contribution in [1.29, 1.82) is 0 Å². The molecule has 30 heavy (non-hydrogen) atoms. The van der Waals surface area contributed by atoms with E-state index in [1.807, 2.05) is 44.2 Å². The fraction of sp³-hybridized carbons (Fsp3) is 0.250. The molecule has 2 aliphatic rings. The predicted molar refractivity (Wildman–Crippen MR) is 121 cm³/mol. The molecule has 1 aliphatic heterocycles. The number of benzene rings is 2. The second-order valence-electron chi connectivity index (χ2n) is 7.70. The molecule has 0 saturated heterocycles. The maximum absolute atomic E-state index is 13.5. The Kier molecular flexibility index (Phi) is 5.72. The SMILES string of the molecule is CC1=C(C(=O)Nc2ccccc2C)[C@@H](c2ccc(Cl)cc2Cl)C2=C(CCCC2=O)N1. The number of ketones is 1. The molecule has 0 unspecified atom stereocenters. The highest BCUT2D eigenvalue weighted by molar-refractivity contribution is 6.35. The zero-order valence-corrected chi connectivity index (χ0v) is 18.3. The highest BCUT2D eigenvalue weighted by Gasteiger charge is 2.39. The zero-order valence-electron chi connectivity index (χ0n) is 16.8. The monoisotopic (exact) mass is 440 g/mol. The van der Waals surface area contributed by atoms with Crippen LogP contribution in [0.1, 0.15) is 43.2 Å². The number of Topliss-reactive ketones (excluding diaryl/α,β-unsaturated/α-hetero) is 1. The maximum atomic E-state index is 13.5. The van der Waals surface area contributed by atoms with E-state index in [9.17, 15) is 9.59 Å². The molecule has 6 heteroatoms. The lowest BCUT2D eigenvalue weighted by molar-refractivity contribution is -0.116. The second-order valence-corrected chi connectivity index (χ2v) is 8.54. The summed E-state index contributed by atoms with van der Waals surface area (Å²) >= 11 is 12.7. The number of hydrogen-bond donors (Lipinski definition) is 2. The number of nitrogens with one attached hydrogen (secondary N) is 2. The number of anilines is 1. The van der Waals surface area contributed by atoms with Gasteiger partial charge in [-0.2, -0.15) is 0 Å². The van der Waals surface area contributed by atoms with Crippen LogP contribution >= 0.6 is 23.2 Å². The van der Waals surface area contributed by atoms with E-state index in [0.29, 0.717) is 33.2 Å². The maximum Gasteiger partial charge on any atom is 0.254 e. The lowest BCUT2D eigenvalue weighted by atomic mass is 9.75. The number of para-hydroxylation sites is 1. The number of halogens is 2. The number of carbonyl (C=O) groups is 2. The molecule has 1 heterocycles. The Labute approximate surface area is 186 Å². The fourth-order valence-corrected chi connectivity index (χ4v) is 4.75. The van der Waals surface area contributed by atoms with Gasteiger partial charge in [-0.05, 0) is 56.0 Å². The molecule has 2 aromatic carbocycles. The van der Waals surface area contributed by atoms with Gasteiger partial charge in [0.2, 0.25) is 0 Å². The van der Waals surface area contributed by atoms with Crippen LogP contribution in [0.5, 0.6) is 0 Å². The number of carbonyl (C=O) groups excluding carboxylic acids is 2. The summed E-state index contributed by atoms with van der Waals surface area (Å²) in [4.78, 5) is 26.4. The second kappa shape index (κ2) is 8.29. The van der Waals surface area contributed by atoms with Gasteiger partial charge in [0.1, 0.15) is 0 Å². The zero-order chi connectivity index (χ0) is 21.4. The van der Waals surface area contributed by atoms with Crippen molar-refractivity contribution in [3.63, 3.8) is 0 Å². The third-order valence-electron chi connectivity index (χ3n) is 5.69. The highest BCUT2D eigenvalue weighted by atomic mass is 35.5. The molecule has 0 saturated carbocycles. The van der Waals surface area contributed by atoms with Crippen LogP contribution in [0.15, 0.2) is 65.0 Å². The molecule has 2 aromatic rings. The van der Waals surface area contributed by atoms with Crippen molar-refractivity contribution in [3.05, 3.63) is 86.2 Å². The summed E-state index contributed by atoms with van der Waals surface area (Å²) in [7, 11) is 0. The predicted octanol–water partition coefficient (Wildman–Crippen LogP) is 5.91. The molecule has 0 spiro atoms. The van der Waals surface area contributed by atoms with Gasteiger partial charge in [-0.15, -0.1) is 0 Å². The first kappa shape index (κ1) is 20.7. The molecule has 0 aromatic heterocycles. The third-order valence-corrected chi connectivity index (χ3v) is 6.25. The number of hydrogen-bond acceptors (Lipinski definition) is 3. The molecule has 1 amide bonds. The number of rotatable bonds is 3. The Bertz CT molecular complexity index is 1120. The summed E-state index contributed by atoms with van der Waals surface area (Å²) in [5, 5.41) is 7.28. The van der Waals surface area contributed by atoms with E-state index < -0.39 is 5.92 Å². The summed E-state index contributed by atoms with van der Waals surface area (Å²) in [6.45, 7) is 3.81. The van der Waals surface area contributed by atoms with E-state index in [4.69, 9.17) is 23.2 Å². The van der Waals surface area contributed by atoms with Crippen molar-refractivity contribution in [2.24, 2.45) is 0 Å². The summed E-state index contributed by atoms with van der Waals surface area (Å²) in [5.41, 5.74) is 5.14. The highest BCUT2D eigenvalue weighted by Crippen LogP contribution is 2.44. The standard InChI is InChI=1S/C24H22Cl2N2O2/c1-13-6-3-4-7-18(13)28-24(30)21-14(2)27-19-8-5-9-20(29)23(19)22(21)16-11-10-15(25)12-17(16)26/h3-4,6-7,10-12,22,27H,5,8-9H2,1-2H3,(H,28,30)/t22-/m1/s1.